The monoisotopic (exact) mass is 659 g/mol. The predicted molar refractivity (Wildman–Crippen MR) is 175 cm³/mol. The summed E-state index contributed by atoms with van der Waals surface area (Å²) in [5.41, 5.74) is 6.45. The highest BCUT2D eigenvalue weighted by molar-refractivity contribution is 7.23. The van der Waals surface area contributed by atoms with Crippen LogP contribution < -0.4 is 15.4 Å². The number of rotatable bonds is 5. The van der Waals surface area contributed by atoms with Crippen molar-refractivity contribution < 1.29 is 22.3 Å². The van der Waals surface area contributed by atoms with E-state index in [2.05, 4.69) is 27.8 Å². The van der Waals surface area contributed by atoms with Crippen molar-refractivity contribution in [3.05, 3.63) is 41.2 Å². The van der Waals surface area contributed by atoms with E-state index in [0.29, 0.717) is 35.3 Å². The van der Waals surface area contributed by atoms with E-state index < -0.39 is 23.3 Å². The van der Waals surface area contributed by atoms with Crippen molar-refractivity contribution in [1.29, 1.82) is 5.26 Å². The van der Waals surface area contributed by atoms with E-state index >= 15 is 8.78 Å². The number of aryl methyl sites for hydroxylation is 1. The first-order chi connectivity index (χ1) is 22.7. The maximum absolute atomic E-state index is 17.4. The SMILES string of the molecule is Cc1cc2c(o1)c(-c1ccc(F)c3sc(N)c(C#N)c13)c(F)c1nc(OC[C@@]34CCCN3C[C@H](F)C4)nc(N3C4CC3CN(C)C4)c12. The van der Waals surface area contributed by atoms with Gasteiger partial charge in [-0.05, 0) is 57.5 Å². The molecule has 2 bridgehead atoms. The molecule has 4 aliphatic rings. The smallest absolute Gasteiger partial charge is 0.319 e. The van der Waals surface area contributed by atoms with E-state index in [9.17, 15) is 9.65 Å². The third kappa shape index (κ3) is 4.14. The number of piperazine rings is 1. The Bertz CT molecular complexity index is 2170. The summed E-state index contributed by atoms with van der Waals surface area (Å²) in [4.78, 5) is 16.4. The zero-order valence-corrected chi connectivity index (χ0v) is 26.8. The summed E-state index contributed by atoms with van der Waals surface area (Å²) in [6.45, 7) is 4.87. The van der Waals surface area contributed by atoms with Gasteiger partial charge in [-0.3, -0.25) is 4.90 Å². The Morgan fingerprint density at radius 3 is 2.79 bits per heavy atom. The lowest BCUT2D eigenvalue weighted by atomic mass is 9.87. The molecule has 4 atom stereocenters. The second-order valence-electron chi connectivity index (χ2n) is 13.6. The molecule has 0 radical (unpaired) electrons. The molecule has 4 aliphatic heterocycles. The van der Waals surface area contributed by atoms with E-state index in [1.807, 2.05) is 6.07 Å². The minimum atomic E-state index is -0.918. The molecule has 3 aromatic heterocycles. The van der Waals surface area contributed by atoms with E-state index in [0.717, 1.165) is 50.2 Å². The number of nitrogen functional groups attached to an aromatic ring is 1. The number of hydrogen-bond acceptors (Lipinski definition) is 10. The number of nitriles is 1. The molecule has 9 rings (SSSR count). The largest absolute Gasteiger partial charge is 0.461 e. The van der Waals surface area contributed by atoms with Crippen molar-refractivity contribution in [3.8, 4) is 23.2 Å². The maximum atomic E-state index is 17.4. The molecule has 0 spiro atoms. The number of anilines is 2. The average molecular weight is 660 g/mol. The van der Waals surface area contributed by atoms with Gasteiger partial charge in [0.1, 0.15) is 52.3 Å². The molecule has 13 heteroatoms. The van der Waals surface area contributed by atoms with Gasteiger partial charge in [-0.15, -0.1) is 11.3 Å². The van der Waals surface area contributed by atoms with Gasteiger partial charge >= 0.3 is 6.01 Å². The van der Waals surface area contributed by atoms with E-state index in [1.165, 1.54) is 12.1 Å². The zero-order chi connectivity index (χ0) is 32.4. The minimum absolute atomic E-state index is 0.0283. The number of thiophene rings is 1. The second kappa shape index (κ2) is 10.2. The summed E-state index contributed by atoms with van der Waals surface area (Å²) in [6.07, 6.45) is 2.24. The quantitative estimate of drug-likeness (QED) is 0.238. The number of likely N-dealkylation sites (tertiary alicyclic amines) is 1. The molecule has 242 valence electrons. The number of benzene rings is 2. The van der Waals surface area contributed by atoms with Gasteiger partial charge in [0.2, 0.25) is 0 Å². The molecule has 4 fully saturated rings. The molecule has 0 saturated carbocycles. The van der Waals surface area contributed by atoms with Gasteiger partial charge in [0.25, 0.3) is 0 Å². The van der Waals surface area contributed by atoms with Crippen LogP contribution in [0, 0.1) is 29.9 Å². The summed E-state index contributed by atoms with van der Waals surface area (Å²) in [5.74, 6) is -0.112. The number of likely N-dealkylation sites (N-methyl/N-ethyl adjacent to an activating group) is 1. The van der Waals surface area contributed by atoms with Crippen LogP contribution in [-0.2, 0) is 0 Å². The first-order valence-corrected chi connectivity index (χ1v) is 16.8. The van der Waals surface area contributed by atoms with Crippen LogP contribution in [0.3, 0.4) is 0 Å². The normalized spacial score (nSPS) is 26.0. The number of piperidine rings is 1. The van der Waals surface area contributed by atoms with Crippen LogP contribution in [0.2, 0.25) is 0 Å². The molecule has 47 heavy (non-hydrogen) atoms. The number of hydrogen-bond donors (Lipinski definition) is 1. The van der Waals surface area contributed by atoms with E-state index in [1.54, 1.807) is 6.92 Å². The highest BCUT2D eigenvalue weighted by Crippen LogP contribution is 2.49. The molecule has 0 amide bonds. The summed E-state index contributed by atoms with van der Waals surface area (Å²) in [6, 6.07) is 7.04. The number of furan rings is 1. The average Bonchev–Trinajstić information content (AvgIpc) is 3.77. The maximum Gasteiger partial charge on any atom is 0.319 e. The predicted octanol–water partition coefficient (Wildman–Crippen LogP) is 6.15. The van der Waals surface area contributed by atoms with Crippen molar-refractivity contribution in [2.24, 2.45) is 0 Å². The van der Waals surface area contributed by atoms with Gasteiger partial charge in [-0.1, -0.05) is 6.07 Å². The number of aromatic nitrogens is 2. The number of halogens is 3. The van der Waals surface area contributed by atoms with E-state index in [-0.39, 0.29) is 67.6 Å². The first-order valence-electron chi connectivity index (χ1n) is 16.0. The lowest BCUT2D eigenvalue weighted by Gasteiger charge is -2.56. The number of ether oxygens (including phenoxy) is 1. The Balaban J connectivity index is 1.29. The summed E-state index contributed by atoms with van der Waals surface area (Å²) >= 11 is 0.954. The Morgan fingerprint density at radius 1 is 1.19 bits per heavy atom. The standard InChI is InChI=1S/C34H32F3N7O2S/c1-16-8-21-26-28(27(37)25(29(21)46-16)20-4-5-23(36)30-24(20)22(11-38)31(39)47-30)40-33(41-32(26)44-18-9-19(44)14-42(2)13-18)45-15-34-6-3-7-43(34)12-17(35)10-34/h4-5,8,17-19H,3,6-7,9-10,12-15,39H2,1-2H3/t17-,18?,19?,34+/m1/s1. The lowest BCUT2D eigenvalue weighted by molar-refractivity contribution is 0.107. The number of nitrogens with zero attached hydrogens (tertiary/aromatic N) is 6. The highest BCUT2D eigenvalue weighted by Gasteiger charge is 2.50. The fourth-order valence-electron chi connectivity index (χ4n) is 8.75. The molecular formula is C34H32F3N7O2S. The van der Waals surface area contributed by atoms with Crippen LogP contribution in [0.5, 0.6) is 6.01 Å². The molecule has 2 N–H and O–H groups in total. The second-order valence-corrected chi connectivity index (χ2v) is 14.7. The van der Waals surface area contributed by atoms with Gasteiger partial charge in [-0.25, -0.2) is 13.2 Å². The molecule has 2 unspecified atom stereocenters. The summed E-state index contributed by atoms with van der Waals surface area (Å²) in [7, 11) is 2.09. The van der Waals surface area contributed by atoms with Crippen LogP contribution in [0.4, 0.5) is 24.0 Å². The summed E-state index contributed by atoms with van der Waals surface area (Å²) in [5, 5.41) is 11.5. The van der Waals surface area contributed by atoms with Crippen LogP contribution in [-0.4, -0.2) is 83.4 Å². The van der Waals surface area contributed by atoms with Gasteiger partial charge < -0.3 is 24.7 Å². The topological polar surface area (TPSA) is 108 Å². The fourth-order valence-corrected chi connectivity index (χ4v) is 9.70. The van der Waals surface area contributed by atoms with Crippen LogP contribution in [0.25, 0.3) is 43.1 Å². The number of nitrogens with two attached hydrogens (primary N) is 1. The van der Waals surface area contributed by atoms with Crippen LogP contribution >= 0.6 is 11.3 Å². The number of fused-ring (bicyclic) bond motifs is 7. The number of alkyl halides is 1. The lowest BCUT2D eigenvalue weighted by Crippen LogP contribution is -2.68. The van der Waals surface area contributed by atoms with Crippen molar-refractivity contribution in [1.82, 2.24) is 19.8 Å². The highest BCUT2D eigenvalue weighted by atomic mass is 32.1. The minimum Gasteiger partial charge on any atom is -0.461 e. The zero-order valence-electron chi connectivity index (χ0n) is 25.9. The molecule has 0 aliphatic carbocycles. The Morgan fingerprint density at radius 2 is 2.00 bits per heavy atom. The Labute approximate surface area is 272 Å². The van der Waals surface area contributed by atoms with Gasteiger partial charge in [0, 0.05) is 48.9 Å². The fraction of sp³-hybridized carbons (Fsp3) is 0.441. The Hall–Kier alpha value is -4.12. The first kappa shape index (κ1) is 29.1. The summed E-state index contributed by atoms with van der Waals surface area (Å²) < 4.78 is 59.7. The molecular weight excluding hydrogens is 627 g/mol. The molecule has 7 heterocycles. The molecule has 2 aromatic carbocycles. The van der Waals surface area contributed by atoms with Gasteiger partial charge in [0.05, 0.1) is 26.8 Å². The van der Waals surface area contributed by atoms with Crippen molar-refractivity contribution in [2.75, 3.05) is 50.5 Å². The Kier molecular flexibility index (Phi) is 6.30. The van der Waals surface area contributed by atoms with Crippen LogP contribution in [0.1, 0.15) is 37.0 Å². The van der Waals surface area contributed by atoms with Gasteiger partial charge in [0.15, 0.2) is 5.82 Å². The van der Waals surface area contributed by atoms with Crippen molar-refractivity contribution >= 4 is 54.1 Å². The molecule has 5 aromatic rings. The van der Waals surface area contributed by atoms with E-state index in [4.69, 9.17) is 24.9 Å². The van der Waals surface area contributed by atoms with Crippen molar-refractivity contribution in [3.63, 3.8) is 0 Å². The molecule has 9 nitrogen and oxygen atoms in total. The van der Waals surface area contributed by atoms with Gasteiger partial charge in [-0.2, -0.15) is 15.2 Å². The third-order valence-corrected chi connectivity index (χ3v) is 11.7. The molecule has 4 saturated heterocycles. The van der Waals surface area contributed by atoms with Crippen LogP contribution in [0.15, 0.2) is 22.6 Å². The third-order valence-electron chi connectivity index (χ3n) is 10.7. The van der Waals surface area contributed by atoms with Crippen molar-refractivity contribution in [2.45, 2.75) is 56.4 Å².